The van der Waals surface area contributed by atoms with E-state index in [1.165, 1.54) is 0 Å². The first-order valence-corrected chi connectivity index (χ1v) is 9.54. The van der Waals surface area contributed by atoms with E-state index in [0.29, 0.717) is 6.54 Å². The number of thioether (sulfide) groups is 1. The van der Waals surface area contributed by atoms with Crippen molar-refractivity contribution in [3.8, 4) is 0 Å². The first-order chi connectivity index (χ1) is 11.7. The van der Waals surface area contributed by atoms with Crippen molar-refractivity contribution in [1.29, 1.82) is 0 Å². The molecule has 2 heterocycles. The monoisotopic (exact) mass is 344 g/mol. The average molecular weight is 344 g/mol. The van der Waals surface area contributed by atoms with Crippen molar-refractivity contribution in [3.05, 3.63) is 54.4 Å². The quantitative estimate of drug-likeness (QED) is 0.873. The summed E-state index contributed by atoms with van der Waals surface area (Å²) in [6, 6.07) is 11.8. The molecule has 2 aromatic rings. The molecular formula is C18H24N4OS. The van der Waals surface area contributed by atoms with Crippen molar-refractivity contribution in [2.24, 2.45) is 0 Å². The smallest absolute Gasteiger partial charge is 0.242 e. The van der Waals surface area contributed by atoms with E-state index in [0.717, 1.165) is 30.2 Å². The molecule has 1 fully saturated rings. The van der Waals surface area contributed by atoms with E-state index >= 15 is 0 Å². The molecule has 0 spiro atoms. The van der Waals surface area contributed by atoms with Crippen LogP contribution in [0.1, 0.15) is 18.5 Å². The van der Waals surface area contributed by atoms with Gasteiger partial charge in [0.05, 0.1) is 6.54 Å². The summed E-state index contributed by atoms with van der Waals surface area (Å²) in [5.41, 5.74) is 1.06. The van der Waals surface area contributed by atoms with Crippen molar-refractivity contribution in [2.75, 3.05) is 24.6 Å². The summed E-state index contributed by atoms with van der Waals surface area (Å²) in [7, 11) is 0. The normalized spacial score (nSPS) is 18.0. The Bertz CT molecular complexity index is 626. The van der Waals surface area contributed by atoms with Crippen LogP contribution in [-0.2, 0) is 11.3 Å². The highest BCUT2D eigenvalue weighted by Crippen LogP contribution is 2.24. The third-order valence-corrected chi connectivity index (χ3v) is 5.13. The summed E-state index contributed by atoms with van der Waals surface area (Å²) in [6.07, 6.45) is 3.67. The van der Waals surface area contributed by atoms with Crippen LogP contribution in [0.3, 0.4) is 0 Å². The molecule has 1 aromatic carbocycles. The van der Waals surface area contributed by atoms with Crippen LogP contribution < -0.4 is 5.32 Å². The predicted molar refractivity (Wildman–Crippen MR) is 97.9 cm³/mol. The average Bonchev–Trinajstić information content (AvgIpc) is 3.10. The lowest BCUT2D eigenvalue weighted by molar-refractivity contribution is -0.127. The lowest BCUT2D eigenvalue weighted by Gasteiger charge is -2.34. The van der Waals surface area contributed by atoms with Gasteiger partial charge in [-0.3, -0.25) is 14.4 Å². The minimum absolute atomic E-state index is 0.0303. The molecule has 0 radical (unpaired) electrons. The second kappa shape index (κ2) is 8.35. The summed E-state index contributed by atoms with van der Waals surface area (Å²) in [4.78, 5) is 15.3. The molecule has 1 aromatic heterocycles. The Morgan fingerprint density at radius 2 is 2.00 bits per heavy atom. The van der Waals surface area contributed by atoms with Crippen molar-refractivity contribution in [2.45, 2.75) is 25.6 Å². The molecule has 1 aliphatic rings. The van der Waals surface area contributed by atoms with Crippen LogP contribution >= 0.6 is 11.8 Å². The number of rotatable bonds is 6. The second-order valence-electron chi connectivity index (χ2n) is 6.10. The van der Waals surface area contributed by atoms with E-state index < -0.39 is 0 Å². The number of amides is 1. The van der Waals surface area contributed by atoms with Crippen LogP contribution in [0.5, 0.6) is 0 Å². The van der Waals surface area contributed by atoms with Gasteiger partial charge in [0.15, 0.2) is 0 Å². The lowest BCUT2D eigenvalue weighted by Crippen LogP contribution is -2.47. The highest BCUT2D eigenvalue weighted by atomic mass is 32.2. The number of benzene rings is 1. The maximum Gasteiger partial charge on any atom is 0.242 e. The van der Waals surface area contributed by atoms with Crippen molar-refractivity contribution >= 4 is 17.7 Å². The lowest BCUT2D eigenvalue weighted by atomic mass is 10.0. The molecule has 6 heteroatoms. The Morgan fingerprint density at radius 1 is 1.25 bits per heavy atom. The fourth-order valence-electron chi connectivity index (χ4n) is 3.06. The SMILES string of the molecule is C[C@H](Cn1cccn1)NC(=O)[C@@H](c1ccccc1)N1CCSCC1. The Labute approximate surface area is 147 Å². The predicted octanol–water partition coefficient (Wildman–Crippen LogP) is 2.18. The number of carbonyl (C=O) groups is 1. The van der Waals surface area contributed by atoms with Gasteiger partial charge in [-0.05, 0) is 18.6 Å². The van der Waals surface area contributed by atoms with Gasteiger partial charge in [-0.2, -0.15) is 16.9 Å². The maximum atomic E-state index is 13.0. The molecule has 1 N–H and O–H groups in total. The number of hydrogen-bond acceptors (Lipinski definition) is 4. The van der Waals surface area contributed by atoms with Gasteiger partial charge in [0.2, 0.25) is 5.91 Å². The van der Waals surface area contributed by atoms with E-state index in [1.807, 2.05) is 66.0 Å². The van der Waals surface area contributed by atoms with Crippen LogP contribution in [0, 0.1) is 0 Å². The van der Waals surface area contributed by atoms with E-state index in [2.05, 4.69) is 15.3 Å². The van der Waals surface area contributed by atoms with Gasteiger partial charge in [-0.15, -0.1) is 0 Å². The molecule has 3 rings (SSSR count). The summed E-state index contributed by atoms with van der Waals surface area (Å²) in [5.74, 6) is 2.24. The maximum absolute atomic E-state index is 13.0. The number of carbonyl (C=O) groups excluding carboxylic acids is 1. The van der Waals surface area contributed by atoms with Crippen LogP contribution in [0.2, 0.25) is 0 Å². The molecule has 0 bridgehead atoms. The molecule has 2 atom stereocenters. The van der Waals surface area contributed by atoms with Crippen LogP contribution in [0.25, 0.3) is 0 Å². The third-order valence-electron chi connectivity index (χ3n) is 4.18. The fourth-order valence-corrected chi connectivity index (χ4v) is 3.99. The second-order valence-corrected chi connectivity index (χ2v) is 7.32. The summed E-state index contributed by atoms with van der Waals surface area (Å²) >= 11 is 1.95. The zero-order chi connectivity index (χ0) is 16.8. The van der Waals surface area contributed by atoms with E-state index in [4.69, 9.17) is 0 Å². The van der Waals surface area contributed by atoms with E-state index in [-0.39, 0.29) is 18.0 Å². The molecule has 1 aliphatic heterocycles. The first-order valence-electron chi connectivity index (χ1n) is 8.38. The van der Waals surface area contributed by atoms with Crippen molar-refractivity contribution in [3.63, 3.8) is 0 Å². The van der Waals surface area contributed by atoms with Gasteiger partial charge in [0.1, 0.15) is 6.04 Å². The number of nitrogens with one attached hydrogen (secondary N) is 1. The van der Waals surface area contributed by atoms with Crippen molar-refractivity contribution in [1.82, 2.24) is 20.0 Å². The first kappa shape index (κ1) is 17.0. The zero-order valence-electron chi connectivity index (χ0n) is 14.0. The number of aromatic nitrogens is 2. The molecule has 128 valence electrons. The van der Waals surface area contributed by atoms with Gasteiger partial charge in [-0.25, -0.2) is 0 Å². The van der Waals surface area contributed by atoms with Gasteiger partial charge in [0.25, 0.3) is 0 Å². The minimum atomic E-state index is -0.216. The Morgan fingerprint density at radius 3 is 2.67 bits per heavy atom. The van der Waals surface area contributed by atoms with Crippen LogP contribution in [-0.4, -0.2) is 51.2 Å². The Kier molecular flexibility index (Phi) is 5.93. The molecular weight excluding hydrogens is 320 g/mol. The van der Waals surface area contributed by atoms with Gasteiger partial charge >= 0.3 is 0 Å². The molecule has 5 nitrogen and oxygen atoms in total. The molecule has 24 heavy (non-hydrogen) atoms. The van der Waals surface area contributed by atoms with E-state index in [9.17, 15) is 4.79 Å². The number of nitrogens with zero attached hydrogens (tertiary/aromatic N) is 3. The van der Waals surface area contributed by atoms with Crippen molar-refractivity contribution < 1.29 is 4.79 Å². The fraction of sp³-hybridized carbons (Fsp3) is 0.444. The Hall–Kier alpha value is -1.79. The van der Waals surface area contributed by atoms with E-state index in [1.54, 1.807) is 6.20 Å². The van der Waals surface area contributed by atoms with Crippen LogP contribution in [0.15, 0.2) is 48.8 Å². The Balaban J connectivity index is 1.70. The number of hydrogen-bond donors (Lipinski definition) is 1. The highest BCUT2D eigenvalue weighted by molar-refractivity contribution is 7.99. The van der Waals surface area contributed by atoms with Gasteiger partial charge in [0, 0.05) is 43.0 Å². The van der Waals surface area contributed by atoms with Gasteiger partial charge in [-0.1, -0.05) is 30.3 Å². The standard InChI is InChI=1S/C18H24N4OS/c1-15(14-22-9-5-8-19-22)20-18(23)17(16-6-3-2-4-7-16)21-10-12-24-13-11-21/h2-9,15,17H,10-14H2,1H3,(H,20,23)/t15-,17-/m1/s1. The van der Waals surface area contributed by atoms with Crippen LogP contribution in [0.4, 0.5) is 0 Å². The molecule has 0 saturated carbocycles. The topological polar surface area (TPSA) is 50.2 Å². The summed E-state index contributed by atoms with van der Waals surface area (Å²) < 4.78 is 1.85. The summed E-state index contributed by atoms with van der Waals surface area (Å²) in [5, 5.41) is 7.37. The highest BCUT2D eigenvalue weighted by Gasteiger charge is 2.29. The molecule has 0 aliphatic carbocycles. The minimum Gasteiger partial charge on any atom is -0.350 e. The molecule has 1 amide bonds. The molecule has 1 saturated heterocycles. The largest absolute Gasteiger partial charge is 0.350 e. The van der Waals surface area contributed by atoms with Gasteiger partial charge < -0.3 is 5.32 Å². The zero-order valence-corrected chi connectivity index (χ0v) is 14.8. The third kappa shape index (κ3) is 4.39. The molecule has 0 unspecified atom stereocenters. The summed E-state index contributed by atoms with van der Waals surface area (Å²) in [6.45, 7) is 4.60.